The first-order valence-electron chi connectivity index (χ1n) is 6.94. The molecule has 3 N–H and O–H groups in total. The van der Waals surface area contributed by atoms with Gasteiger partial charge >= 0.3 is 5.97 Å². The maximum atomic E-state index is 11.3. The predicted octanol–water partition coefficient (Wildman–Crippen LogP) is 2.43. The number of carboxylic acid groups (broad SMARTS) is 1. The number of fused-ring (bicyclic) bond motifs is 1. The Labute approximate surface area is 132 Å². The van der Waals surface area contributed by atoms with Gasteiger partial charge in [-0.05, 0) is 41.5 Å². The van der Waals surface area contributed by atoms with Gasteiger partial charge in [0.2, 0.25) is 0 Å². The van der Waals surface area contributed by atoms with Gasteiger partial charge in [0.1, 0.15) is 12.0 Å². The van der Waals surface area contributed by atoms with E-state index in [4.69, 9.17) is 5.11 Å². The topological polar surface area (TPSA) is 86.6 Å². The molecule has 0 radical (unpaired) electrons. The summed E-state index contributed by atoms with van der Waals surface area (Å²) in [6.45, 7) is 0. The number of para-hydroxylation sites is 1. The third-order valence-electron chi connectivity index (χ3n) is 3.64. The van der Waals surface area contributed by atoms with Gasteiger partial charge in [-0.15, -0.1) is 0 Å². The van der Waals surface area contributed by atoms with E-state index in [-0.39, 0.29) is 11.1 Å². The van der Waals surface area contributed by atoms with Crippen LogP contribution in [-0.2, 0) is 4.79 Å². The van der Waals surface area contributed by atoms with Gasteiger partial charge in [0.25, 0.3) is 0 Å². The third-order valence-corrected chi connectivity index (χ3v) is 3.64. The predicted molar refractivity (Wildman–Crippen MR) is 86.6 cm³/mol. The average Bonchev–Trinajstić information content (AvgIpc) is 2.56. The first-order valence-corrected chi connectivity index (χ1v) is 6.94. The Morgan fingerprint density at radius 2 is 1.87 bits per heavy atom. The summed E-state index contributed by atoms with van der Waals surface area (Å²) in [6, 6.07) is 13.6. The molecule has 1 atom stereocenters. The van der Waals surface area contributed by atoms with Crippen molar-refractivity contribution in [1.29, 1.82) is 0 Å². The molecule has 1 aliphatic carbocycles. The van der Waals surface area contributed by atoms with Gasteiger partial charge in [-0.3, -0.25) is 0 Å². The highest BCUT2D eigenvalue weighted by molar-refractivity contribution is 5.99. The van der Waals surface area contributed by atoms with Crippen LogP contribution in [0.25, 0.3) is 11.6 Å². The van der Waals surface area contributed by atoms with Crippen LogP contribution in [0.5, 0.6) is 0 Å². The molecule has 5 nitrogen and oxygen atoms in total. The van der Waals surface area contributed by atoms with Gasteiger partial charge in [-0.1, -0.05) is 24.3 Å². The number of hydrogen-bond acceptors (Lipinski definition) is 4. The molecule has 0 heterocycles. The summed E-state index contributed by atoms with van der Waals surface area (Å²) in [6.07, 6.45) is 0.496. The molecule has 23 heavy (non-hydrogen) atoms. The highest BCUT2D eigenvalue weighted by atomic mass is 16.4. The standard InChI is InChI=1S/C18H13NO4/c20-10-15-14-7-6-11(18(22)23)8-12(14)9-16(17(15)21)19-13-4-2-1-3-5-13/h1-9,17,19,21H,(H,22,23). The first kappa shape index (κ1) is 14.8. The van der Waals surface area contributed by atoms with Crippen LogP contribution in [0.2, 0.25) is 0 Å². The number of hydrogen-bond donors (Lipinski definition) is 3. The van der Waals surface area contributed by atoms with E-state index in [1.54, 1.807) is 12.0 Å². The van der Waals surface area contributed by atoms with E-state index in [1.807, 2.05) is 30.3 Å². The lowest BCUT2D eigenvalue weighted by Gasteiger charge is -2.24. The zero-order valence-electron chi connectivity index (χ0n) is 12.0. The minimum Gasteiger partial charge on any atom is -0.478 e. The Bertz CT molecular complexity index is 849. The van der Waals surface area contributed by atoms with Crippen molar-refractivity contribution in [3.8, 4) is 0 Å². The second-order valence-electron chi connectivity index (χ2n) is 5.12. The Morgan fingerprint density at radius 3 is 2.52 bits per heavy atom. The molecule has 0 aliphatic heterocycles. The van der Waals surface area contributed by atoms with E-state index < -0.39 is 12.1 Å². The highest BCUT2D eigenvalue weighted by Gasteiger charge is 2.26. The van der Waals surface area contributed by atoms with Crippen molar-refractivity contribution in [2.24, 2.45) is 0 Å². The second kappa shape index (κ2) is 5.93. The molecule has 0 spiro atoms. The quantitative estimate of drug-likeness (QED) is 0.758. The maximum Gasteiger partial charge on any atom is 0.335 e. The van der Waals surface area contributed by atoms with Crippen molar-refractivity contribution in [3.05, 3.63) is 70.9 Å². The number of benzene rings is 2. The van der Waals surface area contributed by atoms with Gasteiger partial charge in [-0.25, -0.2) is 9.59 Å². The smallest absolute Gasteiger partial charge is 0.335 e. The van der Waals surface area contributed by atoms with Gasteiger partial charge in [0, 0.05) is 5.69 Å². The fraction of sp³-hybridized carbons (Fsp3) is 0.0556. The molecule has 0 fully saturated rings. The van der Waals surface area contributed by atoms with Gasteiger partial charge in [0.15, 0.2) is 0 Å². The molecule has 3 rings (SSSR count). The maximum absolute atomic E-state index is 11.3. The minimum atomic E-state index is -1.14. The summed E-state index contributed by atoms with van der Waals surface area (Å²) >= 11 is 0. The third kappa shape index (κ3) is 2.79. The van der Waals surface area contributed by atoms with E-state index in [1.165, 1.54) is 18.2 Å². The van der Waals surface area contributed by atoms with Crippen LogP contribution in [0, 0.1) is 0 Å². The number of aromatic carboxylic acids is 1. The monoisotopic (exact) mass is 307 g/mol. The van der Waals surface area contributed by atoms with E-state index in [0.29, 0.717) is 16.8 Å². The molecule has 1 aliphatic rings. The van der Waals surface area contributed by atoms with Crippen LogP contribution in [0.3, 0.4) is 0 Å². The van der Waals surface area contributed by atoms with E-state index in [0.717, 1.165) is 5.69 Å². The number of anilines is 1. The lowest BCUT2D eigenvalue weighted by Crippen LogP contribution is -2.23. The van der Waals surface area contributed by atoms with Crippen molar-refractivity contribution in [2.45, 2.75) is 6.10 Å². The molecular formula is C18H13NO4. The van der Waals surface area contributed by atoms with Crippen molar-refractivity contribution in [1.82, 2.24) is 0 Å². The van der Waals surface area contributed by atoms with E-state index >= 15 is 0 Å². The SMILES string of the molecule is O=C=C1c2ccc(C(=O)O)cc2C=C(Nc2ccccc2)C1O. The zero-order chi connectivity index (χ0) is 16.4. The molecule has 0 saturated heterocycles. The Morgan fingerprint density at radius 1 is 1.13 bits per heavy atom. The van der Waals surface area contributed by atoms with E-state index in [9.17, 15) is 14.7 Å². The lowest BCUT2D eigenvalue weighted by atomic mass is 9.88. The molecule has 0 bridgehead atoms. The molecule has 2 aromatic carbocycles. The molecule has 0 saturated carbocycles. The van der Waals surface area contributed by atoms with Crippen LogP contribution >= 0.6 is 0 Å². The molecule has 0 aromatic heterocycles. The van der Waals surface area contributed by atoms with Crippen molar-refractivity contribution in [2.75, 3.05) is 5.32 Å². The summed E-state index contributed by atoms with van der Waals surface area (Å²) < 4.78 is 0. The summed E-state index contributed by atoms with van der Waals surface area (Å²) in [5.41, 5.74) is 2.37. The summed E-state index contributed by atoms with van der Waals surface area (Å²) in [4.78, 5) is 22.4. The first-order chi connectivity index (χ1) is 11.1. The van der Waals surface area contributed by atoms with Gasteiger partial charge in [0.05, 0.1) is 16.8 Å². The zero-order valence-corrected chi connectivity index (χ0v) is 12.0. The van der Waals surface area contributed by atoms with Gasteiger partial charge < -0.3 is 15.5 Å². The number of nitrogens with one attached hydrogen (secondary N) is 1. The summed E-state index contributed by atoms with van der Waals surface area (Å²) in [7, 11) is 0. The lowest BCUT2D eigenvalue weighted by molar-refractivity contribution is 0.0697. The highest BCUT2D eigenvalue weighted by Crippen LogP contribution is 2.32. The van der Waals surface area contributed by atoms with E-state index in [2.05, 4.69) is 5.32 Å². The molecule has 2 aromatic rings. The van der Waals surface area contributed by atoms with Crippen LogP contribution in [0.4, 0.5) is 5.69 Å². The number of carboxylic acids is 1. The minimum absolute atomic E-state index is 0.0814. The molecule has 0 amide bonds. The number of aliphatic hydroxyl groups is 1. The molecule has 114 valence electrons. The van der Waals surface area contributed by atoms with Crippen molar-refractivity contribution in [3.63, 3.8) is 0 Å². The molecule has 1 unspecified atom stereocenters. The Kier molecular flexibility index (Phi) is 3.81. The number of carbonyl (C=O) groups excluding carboxylic acids is 1. The Hall–Kier alpha value is -3.14. The fourth-order valence-corrected chi connectivity index (χ4v) is 2.51. The Balaban J connectivity index is 2.08. The molecule has 5 heteroatoms. The van der Waals surface area contributed by atoms with Gasteiger partial charge in [-0.2, -0.15) is 0 Å². The summed E-state index contributed by atoms with van der Waals surface area (Å²) in [5, 5.41) is 22.5. The number of aliphatic hydroxyl groups excluding tert-OH is 1. The fourth-order valence-electron chi connectivity index (χ4n) is 2.51. The number of carbonyl (C=O) groups is 1. The largest absolute Gasteiger partial charge is 0.478 e. The van der Waals surface area contributed by atoms with Crippen LogP contribution in [0.1, 0.15) is 21.5 Å². The normalized spacial score (nSPS) is 16.1. The number of rotatable bonds is 3. The van der Waals surface area contributed by atoms with Crippen molar-refractivity contribution < 1.29 is 19.8 Å². The second-order valence-corrected chi connectivity index (χ2v) is 5.12. The summed E-state index contributed by atoms with van der Waals surface area (Å²) in [5.74, 6) is 0.709. The van der Waals surface area contributed by atoms with Crippen LogP contribution in [0.15, 0.2) is 54.2 Å². The average molecular weight is 307 g/mol. The van der Waals surface area contributed by atoms with Crippen LogP contribution in [-0.4, -0.2) is 28.2 Å². The molecular weight excluding hydrogens is 294 g/mol. The van der Waals surface area contributed by atoms with Crippen molar-refractivity contribution >= 4 is 29.2 Å². The van der Waals surface area contributed by atoms with Crippen LogP contribution < -0.4 is 5.32 Å².